The van der Waals surface area contributed by atoms with E-state index in [0.717, 1.165) is 28.4 Å². The molecule has 0 bridgehead atoms. The van der Waals surface area contributed by atoms with E-state index in [0.29, 0.717) is 5.75 Å². The van der Waals surface area contributed by atoms with Crippen LogP contribution in [0.3, 0.4) is 0 Å². The smallest absolute Gasteiger partial charge is 0.333 e. The summed E-state index contributed by atoms with van der Waals surface area (Å²) >= 11 is 0. The van der Waals surface area contributed by atoms with Crippen molar-refractivity contribution in [2.45, 2.75) is 6.92 Å². The first-order valence-electron chi connectivity index (χ1n) is 9.66. The Labute approximate surface area is 177 Å². The van der Waals surface area contributed by atoms with E-state index in [2.05, 4.69) is 0 Å². The number of benzene rings is 3. The van der Waals surface area contributed by atoms with Crippen LogP contribution in [0.5, 0.6) is 11.5 Å². The Bertz CT molecular complexity index is 1010. The van der Waals surface area contributed by atoms with E-state index in [1.807, 2.05) is 91.9 Å². The molecule has 30 heavy (non-hydrogen) atoms. The normalized spacial score (nSPS) is 11.0. The van der Waals surface area contributed by atoms with Crippen LogP contribution in [0.15, 0.2) is 84.9 Å². The molecule has 0 heterocycles. The lowest BCUT2D eigenvalue weighted by Crippen LogP contribution is -2.40. The van der Waals surface area contributed by atoms with Crippen molar-refractivity contribution in [2.75, 3.05) is 31.1 Å². The van der Waals surface area contributed by atoms with E-state index >= 15 is 0 Å². The van der Waals surface area contributed by atoms with Crippen LogP contribution in [0.25, 0.3) is 5.70 Å². The van der Waals surface area contributed by atoms with E-state index in [4.69, 9.17) is 9.47 Å². The van der Waals surface area contributed by atoms with Gasteiger partial charge in [0.2, 0.25) is 0 Å². The van der Waals surface area contributed by atoms with Crippen LogP contribution in [-0.4, -0.2) is 27.3 Å². The van der Waals surface area contributed by atoms with Gasteiger partial charge in [-0.05, 0) is 48.9 Å². The molecule has 5 heteroatoms. The molecule has 3 aromatic rings. The van der Waals surface area contributed by atoms with E-state index in [1.54, 1.807) is 31.1 Å². The zero-order valence-corrected chi connectivity index (χ0v) is 17.7. The second-order valence-corrected chi connectivity index (χ2v) is 6.62. The standard InChI is InChI=1S/C25H26N2O3/c1-5-24(19-10-7-6-8-11-19)27(20-14-16-22(29-3)17-15-20)25(28)26(2)21-12-9-13-23(18-21)30-4/h5-18H,1-4H3/b24-5-. The highest BCUT2D eigenvalue weighted by Crippen LogP contribution is 2.31. The third-order valence-electron chi connectivity index (χ3n) is 4.83. The molecule has 0 aliphatic carbocycles. The Morgan fingerprint density at radius 2 is 1.47 bits per heavy atom. The summed E-state index contributed by atoms with van der Waals surface area (Å²) in [7, 11) is 4.99. The van der Waals surface area contributed by atoms with Gasteiger partial charge in [0.05, 0.1) is 25.6 Å². The molecule has 0 atom stereocenters. The van der Waals surface area contributed by atoms with Crippen LogP contribution in [0.2, 0.25) is 0 Å². The predicted octanol–water partition coefficient (Wildman–Crippen LogP) is 5.83. The predicted molar refractivity (Wildman–Crippen MR) is 122 cm³/mol. The molecule has 2 amide bonds. The minimum atomic E-state index is -0.189. The number of nitrogens with zero attached hydrogens (tertiary/aromatic N) is 2. The van der Waals surface area contributed by atoms with Gasteiger partial charge >= 0.3 is 6.03 Å². The average molecular weight is 402 g/mol. The summed E-state index contributed by atoms with van der Waals surface area (Å²) in [6.45, 7) is 1.93. The summed E-state index contributed by atoms with van der Waals surface area (Å²) in [5.74, 6) is 1.42. The summed E-state index contributed by atoms with van der Waals surface area (Å²) in [6.07, 6.45) is 1.94. The van der Waals surface area contributed by atoms with Gasteiger partial charge in [-0.1, -0.05) is 42.5 Å². The van der Waals surface area contributed by atoms with Crippen molar-refractivity contribution in [2.24, 2.45) is 0 Å². The minimum Gasteiger partial charge on any atom is -0.497 e. The van der Waals surface area contributed by atoms with Gasteiger partial charge in [-0.3, -0.25) is 9.80 Å². The molecular weight excluding hydrogens is 376 g/mol. The van der Waals surface area contributed by atoms with E-state index in [-0.39, 0.29) is 6.03 Å². The molecule has 154 valence electrons. The maximum absolute atomic E-state index is 13.7. The number of urea groups is 1. The van der Waals surface area contributed by atoms with Gasteiger partial charge in [0, 0.05) is 18.8 Å². The van der Waals surface area contributed by atoms with Crippen molar-refractivity contribution in [3.8, 4) is 11.5 Å². The number of allylic oxidation sites excluding steroid dienone is 1. The van der Waals surface area contributed by atoms with Crippen LogP contribution in [0.4, 0.5) is 16.2 Å². The first kappa shape index (κ1) is 21.0. The lowest BCUT2D eigenvalue weighted by Gasteiger charge is -2.30. The molecule has 0 fully saturated rings. The van der Waals surface area contributed by atoms with E-state index in [1.165, 1.54) is 0 Å². The van der Waals surface area contributed by atoms with Crippen molar-refractivity contribution in [1.82, 2.24) is 0 Å². The number of ether oxygens (including phenoxy) is 2. The Morgan fingerprint density at radius 3 is 2.07 bits per heavy atom. The quantitative estimate of drug-likeness (QED) is 0.521. The maximum Gasteiger partial charge on any atom is 0.333 e. The second kappa shape index (κ2) is 9.65. The summed E-state index contributed by atoms with van der Waals surface area (Å²) in [5.41, 5.74) is 3.22. The molecule has 0 spiro atoms. The number of hydrogen-bond acceptors (Lipinski definition) is 3. The van der Waals surface area contributed by atoms with Crippen LogP contribution in [0.1, 0.15) is 12.5 Å². The molecular formula is C25H26N2O3. The fourth-order valence-electron chi connectivity index (χ4n) is 3.20. The van der Waals surface area contributed by atoms with Crippen molar-refractivity contribution in [1.29, 1.82) is 0 Å². The fraction of sp³-hybridized carbons (Fsp3) is 0.160. The summed E-state index contributed by atoms with van der Waals surface area (Å²) < 4.78 is 10.6. The van der Waals surface area contributed by atoms with Crippen molar-refractivity contribution in [3.05, 3.63) is 90.5 Å². The van der Waals surface area contributed by atoms with Crippen LogP contribution in [0, 0.1) is 0 Å². The highest BCUT2D eigenvalue weighted by atomic mass is 16.5. The molecule has 5 nitrogen and oxygen atoms in total. The second-order valence-electron chi connectivity index (χ2n) is 6.62. The molecule has 0 aliphatic rings. The Morgan fingerprint density at radius 1 is 0.800 bits per heavy atom. The first-order chi connectivity index (χ1) is 14.6. The Kier molecular flexibility index (Phi) is 6.75. The van der Waals surface area contributed by atoms with Crippen LogP contribution >= 0.6 is 0 Å². The molecule has 3 rings (SSSR count). The number of rotatable bonds is 6. The highest BCUT2D eigenvalue weighted by molar-refractivity contribution is 6.12. The molecule has 0 aliphatic heterocycles. The molecule has 0 radical (unpaired) electrons. The van der Waals surface area contributed by atoms with Crippen molar-refractivity contribution >= 4 is 23.1 Å². The SMILES string of the molecule is C/C=C(/c1ccccc1)N(C(=O)N(C)c1cccc(OC)c1)c1ccc(OC)cc1. The molecule has 0 unspecified atom stereocenters. The zero-order chi connectivity index (χ0) is 21.5. The van der Waals surface area contributed by atoms with Gasteiger partial charge < -0.3 is 9.47 Å². The largest absolute Gasteiger partial charge is 0.497 e. The van der Waals surface area contributed by atoms with Crippen molar-refractivity contribution in [3.63, 3.8) is 0 Å². The van der Waals surface area contributed by atoms with E-state index < -0.39 is 0 Å². The monoisotopic (exact) mass is 402 g/mol. The number of carbonyl (C=O) groups is 1. The average Bonchev–Trinajstić information content (AvgIpc) is 2.82. The van der Waals surface area contributed by atoms with Gasteiger partial charge in [-0.25, -0.2) is 4.79 Å². The van der Waals surface area contributed by atoms with Gasteiger partial charge in [0.25, 0.3) is 0 Å². The van der Waals surface area contributed by atoms with E-state index in [9.17, 15) is 4.79 Å². The van der Waals surface area contributed by atoms with Gasteiger partial charge in [-0.2, -0.15) is 0 Å². The summed E-state index contributed by atoms with van der Waals surface area (Å²) in [4.78, 5) is 17.0. The number of anilines is 2. The number of carbonyl (C=O) groups excluding carboxylic acids is 1. The van der Waals surface area contributed by atoms with Gasteiger partial charge in [-0.15, -0.1) is 0 Å². The lowest BCUT2D eigenvalue weighted by molar-refractivity contribution is 0.255. The van der Waals surface area contributed by atoms with Crippen molar-refractivity contribution < 1.29 is 14.3 Å². The topological polar surface area (TPSA) is 42.0 Å². The number of amides is 2. The van der Waals surface area contributed by atoms with Crippen LogP contribution < -0.4 is 19.3 Å². The summed E-state index contributed by atoms with van der Waals surface area (Å²) in [5, 5.41) is 0. The highest BCUT2D eigenvalue weighted by Gasteiger charge is 2.25. The molecule has 3 aromatic carbocycles. The third kappa shape index (κ3) is 4.46. The molecule has 0 aromatic heterocycles. The van der Waals surface area contributed by atoms with Gasteiger partial charge in [0.15, 0.2) is 0 Å². The first-order valence-corrected chi connectivity index (χ1v) is 9.66. The summed E-state index contributed by atoms with van der Waals surface area (Å²) in [6, 6.07) is 24.5. The lowest BCUT2D eigenvalue weighted by atomic mass is 10.1. The number of hydrogen-bond donors (Lipinski definition) is 0. The Balaban J connectivity index is 2.06. The molecule has 0 N–H and O–H groups in total. The third-order valence-corrected chi connectivity index (χ3v) is 4.83. The molecule has 0 saturated carbocycles. The fourth-order valence-corrected chi connectivity index (χ4v) is 3.20. The maximum atomic E-state index is 13.7. The molecule has 0 saturated heterocycles. The van der Waals surface area contributed by atoms with Gasteiger partial charge in [0.1, 0.15) is 11.5 Å². The Hall–Kier alpha value is -3.73. The zero-order valence-electron chi connectivity index (χ0n) is 17.7. The van der Waals surface area contributed by atoms with Crippen LogP contribution in [-0.2, 0) is 0 Å². The number of methoxy groups -OCH3 is 2. The minimum absolute atomic E-state index is 0.189.